The first-order valence-electron chi connectivity index (χ1n) is 12.0. The van der Waals surface area contributed by atoms with E-state index in [1.807, 2.05) is 7.05 Å². The summed E-state index contributed by atoms with van der Waals surface area (Å²) in [5.74, 6) is 1.05. The average molecular weight is 559 g/mol. The first-order chi connectivity index (χ1) is 18.7. The molecule has 0 saturated carbocycles. The number of ether oxygens (including phenoxy) is 2. The number of fused-ring (bicyclic) bond motifs is 2. The lowest BCUT2D eigenvalue weighted by Crippen LogP contribution is -2.21. The van der Waals surface area contributed by atoms with Crippen LogP contribution in [0, 0.1) is 0 Å². The molecule has 39 heavy (non-hydrogen) atoms. The van der Waals surface area contributed by atoms with Crippen molar-refractivity contribution < 1.29 is 22.6 Å². The molecule has 1 aliphatic heterocycles. The van der Waals surface area contributed by atoms with Crippen molar-refractivity contribution in [2.24, 2.45) is 7.05 Å². The maximum Gasteiger partial charge on any atom is 0.416 e. The smallest absolute Gasteiger partial charge is 0.416 e. The van der Waals surface area contributed by atoms with Crippen LogP contribution in [-0.4, -0.2) is 60.3 Å². The van der Waals surface area contributed by atoms with Crippen LogP contribution in [0.15, 0.2) is 49.2 Å². The minimum atomic E-state index is -4.56. The minimum Gasteiger partial charge on any atom is -0.489 e. The molecule has 0 aliphatic carbocycles. The van der Waals surface area contributed by atoms with Gasteiger partial charge in [0.15, 0.2) is 17.1 Å². The maximum atomic E-state index is 13.7. The summed E-state index contributed by atoms with van der Waals surface area (Å²) in [6.07, 6.45) is 3.84. The second-order valence-corrected chi connectivity index (χ2v) is 9.66. The molecule has 1 aromatic carbocycles. The molecule has 14 heteroatoms. The third-order valence-corrected chi connectivity index (χ3v) is 6.82. The van der Waals surface area contributed by atoms with E-state index >= 15 is 0 Å². The fourth-order valence-corrected chi connectivity index (χ4v) is 4.82. The topological polar surface area (TPSA) is 94.6 Å². The second-order valence-electron chi connectivity index (χ2n) is 9.28. The Bertz CT molecular complexity index is 1690. The molecule has 1 saturated heterocycles. The molecule has 5 aromatic rings. The molecule has 1 fully saturated rings. The predicted octanol–water partition coefficient (Wildman–Crippen LogP) is 5.30. The van der Waals surface area contributed by atoms with Crippen LogP contribution in [-0.2, 0) is 13.2 Å². The summed E-state index contributed by atoms with van der Waals surface area (Å²) in [6, 6.07) is 3.54. The molecule has 1 N–H and O–H groups in total. The van der Waals surface area contributed by atoms with Crippen LogP contribution in [0.4, 0.5) is 24.8 Å². The molecular weight excluding hydrogens is 537 g/mol. The van der Waals surface area contributed by atoms with E-state index < -0.39 is 11.7 Å². The Morgan fingerprint density at radius 3 is 2.72 bits per heavy atom. The molecule has 1 aliphatic rings. The van der Waals surface area contributed by atoms with Gasteiger partial charge in [-0.25, -0.2) is 9.50 Å². The van der Waals surface area contributed by atoms with Gasteiger partial charge in [-0.15, -0.1) is 0 Å². The van der Waals surface area contributed by atoms with Gasteiger partial charge in [-0.2, -0.15) is 23.3 Å². The zero-order valence-electron chi connectivity index (χ0n) is 20.8. The molecule has 6 rings (SSSR count). The van der Waals surface area contributed by atoms with Gasteiger partial charge < -0.3 is 24.3 Å². The Morgan fingerprint density at radius 2 is 1.95 bits per heavy atom. The van der Waals surface area contributed by atoms with E-state index in [0.717, 1.165) is 25.1 Å². The summed E-state index contributed by atoms with van der Waals surface area (Å²) >= 11 is 6.68. The zero-order valence-corrected chi connectivity index (χ0v) is 21.5. The highest BCUT2D eigenvalue weighted by Crippen LogP contribution is 2.38. The minimum absolute atomic E-state index is 0.126. The largest absolute Gasteiger partial charge is 0.489 e. The summed E-state index contributed by atoms with van der Waals surface area (Å²) in [5, 5.41) is 7.40. The number of likely N-dealkylation sites (tertiary alicyclic amines) is 1. The van der Waals surface area contributed by atoms with Crippen molar-refractivity contribution >= 4 is 39.9 Å². The molecule has 1 atom stereocenters. The van der Waals surface area contributed by atoms with Gasteiger partial charge in [0.1, 0.15) is 27.9 Å². The number of aryl methyl sites for hydroxylation is 1. The van der Waals surface area contributed by atoms with Gasteiger partial charge in [-0.3, -0.25) is 4.98 Å². The van der Waals surface area contributed by atoms with Crippen LogP contribution in [0.25, 0.3) is 16.7 Å². The lowest BCUT2D eigenvalue weighted by Gasteiger charge is -2.17. The Hall–Kier alpha value is -4.10. The van der Waals surface area contributed by atoms with Crippen molar-refractivity contribution in [3.05, 3.63) is 59.8 Å². The van der Waals surface area contributed by atoms with Gasteiger partial charge in [0.2, 0.25) is 5.95 Å². The number of hydrogen-bond donors (Lipinski definition) is 1. The van der Waals surface area contributed by atoms with E-state index in [1.165, 1.54) is 18.5 Å². The highest BCUT2D eigenvalue weighted by molar-refractivity contribution is 6.36. The van der Waals surface area contributed by atoms with Crippen LogP contribution in [0.1, 0.15) is 12.0 Å². The Balaban J connectivity index is 1.32. The maximum absolute atomic E-state index is 13.7. The number of halogens is 4. The fraction of sp³-hybridized carbons (Fsp3) is 0.280. The molecule has 5 heterocycles. The Morgan fingerprint density at radius 1 is 1.10 bits per heavy atom. The number of alkyl halides is 3. The quantitative estimate of drug-likeness (QED) is 0.300. The summed E-state index contributed by atoms with van der Waals surface area (Å²) in [6.45, 7) is 1.46. The van der Waals surface area contributed by atoms with Crippen molar-refractivity contribution in [1.29, 1.82) is 0 Å². The number of likely N-dealkylation sites (N-methyl/N-ethyl adjacent to an activating group) is 1. The van der Waals surface area contributed by atoms with E-state index in [9.17, 15) is 13.2 Å². The fourth-order valence-electron chi connectivity index (χ4n) is 4.52. The molecule has 0 spiro atoms. The molecular formula is C25H22ClF3N8O2. The van der Waals surface area contributed by atoms with Crippen molar-refractivity contribution in [3.63, 3.8) is 0 Å². The highest BCUT2D eigenvalue weighted by atomic mass is 35.5. The van der Waals surface area contributed by atoms with Gasteiger partial charge in [0, 0.05) is 44.3 Å². The van der Waals surface area contributed by atoms with Crippen molar-refractivity contribution in [2.45, 2.75) is 18.7 Å². The molecule has 202 valence electrons. The summed E-state index contributed by atoms with van der Waals surface area (Å²) < 4.78 is 56.2. The van der Waals surface area contributed by atoms with Crippen LogP contribution in [0.5, 0.6) is 17.2 Å². The zero-order chi connectivity index (χ0) is 27.3. The van der Waals surface area contributed by atoms with Gasteiger partial charge in [0.25, 0.3) is 0 Å². The van der Waals surface area contributed by atoms with Crippen molar-refractivity contribution in [3.8, 4) is 17.2 Å². The van der Waals surface area contributed by atoms with E-state index in [4.69, 9.17) is 21.1 Å². The SMILES string of the molecule is CN1CCC(Oc2cc(Nc3nc4ncc(Oc5cnn6ccncc56)c(Cl)c4n3C)cc(C(F)(F)F)c2)C1. The van der Waals surface area contributed by atoms with Gasteiger partial charge in [-0.05, 0) is 25.6 Å². The molecule has 4 aromatic heterocycles. The lowest BCUT2D eigenvalue weighted by molar-refractivity contribution is -0.137. The first-order valence-corrected chi connectivity index (χ1v) is 12.3. The number of rotatable bonds is 6. The normalized spacial score (nSPS) is 16.3. The summed E-state index contributed by atoms with van der Waals surface area (Å²) in [5.41, 5.74) is 0.686. The summed E-state index contributed by atoms with van der Waals surface area (Å²) in [7, 11) is 3.62. The number of aromatic nitrogens is 6. The Labute approximate surface area is 224 Å². The number of pyridine rings is 1. The number of benzene rings is 1. The summed E-state index contributed by atoms with van der Waals surface area (Å²) in [4.78, 5) is 14.9. The van der Waals surface area contributed by atoms with Crippen molar-refractivity contribution in [1.82, 2.24) is 34.0 Å². The Kier molecular flexibility index (Phi) is 6.19. The molecule has 1 unspecified atom stereocenters. The standard InChI is InChI=1S/C25H22ClF3N8O2/c1-35-5-3-16(13-35)38-17-8-14(25(27,28)29)7-15(9-17)33-24-34-23-22(36(24)2)21(26)20(11-31-23)39-19-12-32-37-6-4-30-10-18(19)37/h4,6-12,16H,3,5,13H2,1-2H3,(H,31,33,34). The van der Waals surface area contributed by atoms with Gasteiger partial charge in [-0.1, -0.05) is 11.6 Å². The van der Waals surface area contributed by atoms with Crippen molar-refractivity contribution in [2.75, 3.05) is 25.5 Å². The molecule has 0 radical (unpaired) electrons. The second kappa shape index (κ2) is 9.58. The number of imidazole rings is 1. The van der Waals surface area contributed by atoms with E-state index in [0.29, 0.717) is 23.3 Å². The monoisotopic (exact) mass is 558 g/mol. The lowest BCUT2D eigenvalue weighted by atomic mass is 10.1. The van der Waals surface area contributed by atoms with Gasteiger partial charge in [0.05, 0.1) is 24.2 Å². The third-order valence-electron chi connectivity index (χ3n) is 6.46. The highest BCUT2D eigenvalue weighted by Gasteiger charge is 2.32. The first kappa shape index (κ1) is 25.2. The predicted molar refractivity (Wildman–Crippen MR) is 138 cm³/mol. The average Bonchev–Trinajstić information content (AvgIpc) is 3.58. The van der Waals surface area contributed by atoms with Gasteiger partial charge >= 0.3 is 6.18 Å². The number of nitrogens with one attached hydrogen (secondary N) is 1. The number of hydrogen-bond acceptors (Lipinski definition) is 8. The molecule has 0 amide bonds. The van der Waals surface area contributed by atoms with E-state index in [2.05, 4.69) is 30.3 Å². The number of anilines is 2. The molecule has 10 nitrogen and oxygen atoms in total. The molecule has 0 bridgehead atoms. The van der Waals surface area contributed by atoms with Crippen LogP contribution in [0.3, 0.4) is 0 Å². The number of nitrogens with zero attached hydrogens (tertiary/aromatic N) is 7. The van der Waals surface area contributed by atoms with Crippen LogP contribution >= 0.6 is 11.6 Å². The van der Waals surface area contributed by atoms with E-state index in [1.54, 1.807) is 34.7 Å². The van der Waals surface area contributed by atoms with Crippen LogP contribution < -0.4 is 14.8 Å². The third kappa shape index (κ3) is 4.90. The van der Waals surface area contributed by atoms with Crippen LogP contribution in [0.2, 0.25) is 5.02 Å². The van der Waals surface area contributed by atoms with E-state index in [-0.39, 0.29) is 39.9 Å².